The van der Waals surface area contributed by atoms with Crippen molar-refractivity contribution in [1.29, 1.82) is 0 Å². The maximum absolute atomic E-state index is 14.4. The van der Waals surface area contributed by atoms with E-state index in [0.29, 0.717) is 31.5 Å². The third-order valence-electron chi connectivity index (χ3n) is 5.82. The number of carbonyl (C=O) groups excluding carboxylic acids is 1. The number of hydrogen-bond donors (Lipinski definition) is 1. The molecule has 4 rings (SSSR count). The summed E-state index contributed by atoms with van der Waals surface area (Å²) >= 11 is 0. The highest BCUT2D eigenvalue weighted by atomic mass is 32.2. The molecule has 2 aromatic rings. The summed E-state index contributed by atoms with van der Waals surface area (Å²) in [5.74, 6) is -2.14. The summed E-state index contributed by atoms with van der Waals surface area (Å²) in [7, 11) is -2.24. The number of amides is 1. The van der Waals surface area contributed by atoms with E-state index in [4.69, 9.17) is 0 Å². The zero-order chi connectivity index (χ0) is 22.2. The van der Waals surface area contributed by atoms with Crippen LogP contribution in [0.4, 0.5) is 8.78 Å². The van der Waals surface area contributed by atoms with Crippen molar-refractivity contribution in [1.82, 2.24) is 9.62 Å². The van der Waals surface area contributed by atoms with Crippen LogP contribution in [0.15, 0.2) is 42.5 Å². The number of nitrogens with one attached hydrogen (secondary N) is 1. The number of methoxy groups -OCH3 is 1. The molecule has 2 aliphatic rings. The third kappa shape index (κ3) is 4.63. The van der Waals surface area contributed by atoms with Crippen LogP contribution in [0.5, 0.6) is 0 Å². The fourth-order valence-electron chi connectivity index (χ4n) is 4.35. The zero-order valence-corrected chi connectivity index (χ0v) is 17.9. The van der Waals surface area contributed by atoms with Crippen molar-refractivity contribution in [3.63, 3.8) is 0 Å². The molecule has 1 amide bonds. The number of hydrogen-bond acceptors (Lipinski definition) is 4. The molecule has 2 fully saturated rings. The van der Waals surface area contributed by atoms with Crippen LogP contribution in [0.25, 0.3) is 11.1 Å². The van der Waals surface area contributed by atoms with Crippen molar-refractivity contribution in [2.24, 2.45) is 5.92 Å². The summed E-state index contributed by atoms with van der Waals surface area (Å²) in [5, 5.41) is 0. The van der Waals surface area contributed by atoms with Crippen LogP contribution in [0.2, 0.25) is 0 Å². The second-order valence-corrected chi connectivity index (χ2v) is 9.74. The summed E-state index contributed by atoms with van der Waals surface area (Å²) in [6.07, 6.45) is 1.13. The number of rotatable bonds is 7. The van der Waals surface area contributed by atoms with Gasteiger partial charge in [-0.3, -0.25) is 4.79 Å². The highest BCUT2D eigenvalue weighted by molar-refractivity contribution is 7.89. The van der Waals surface area contributed by atoms with E-state index in [-0.39, 0.29) is 29.3 Å². The SMILES string of the molecule is COCS(=O)(=O)N[C@H]1CCN(C(=O)[C@H]2C[C@@H]2c2ccccc2-c2c(F)cccc2F)C1. The van der Waals surface area contributed by atoms with E-state index in [0.717, 1.165) is 5.56 Å². The molecule has 0 unspecified atom stereocenters. The Bertz CT molecular complexity index is 1070. The minimum atomic E-state index is -3.55. The van der Waals surface area contributed by atoms with Gasteiger partial charge >= 0.3 is 0 Å². The average molecular weight is 451 g/mol. The first kappa shape index (κ1) is 21.9. The van der Waals surface area contributed by atoms with Crippen molar-refractivity contribution in [2.75, 3.05) is 26.1 Å². The number of carbonyl (C=O) groups is 1. The number of sulfonamides is 1. The fraction of sp³-hybridized carbons (Fsp3) is 0.409. The first-order chi connectivity index (χ1) is 14.8. The van der Waals surface area contributed by atoms with Crippen LogP contribution in [-0.2, 0) is 19.6 Å². The molecule has 1 saturated carbocycles. The van der Waals surface area contributed by atoms with Gasteiger partial charge in [-0.05, 0) is 42.0 Å². The molecule has 1 heterocycles. The topological polar surface area (TPSA) is 75.7 Å². The maximum atomic E-state index is 14.4. The van der Waals surface area contributed by atoms with Gasteiger partial charge in [-0.2, -0.15) is 0 Å². The quantitative estimate of drug-likeness (QED) is 0.704. The van der Waals surface area contributed by atoms with Crippen molar-refractivity contribution in [3.8, 4) is 11.1 Å². The molecule has 1 N–H and O–H groups in total. The van der Waals surface area contributed by atoms with Crippen LogP contribution in [-0.4, -0.2) is 51.4 Å². The lowest BCUT2D eigenvalue weighted by atomic mass is 9.95. The van der Waals surface area contributed by atoms with E-state index in [1.54, 1.807) is 23.1 Å². The number of benzene rings is 2. The van der Waals surface area contributed by atoms with Gasteiger partial charge in [0.15, 0.2) is 5.94 Å². The molecule has 31 heavy (non-hydrogen) atoms. The molecule has 6 nitrogen and oxygen atoms in total. The molecule has 0 radical (unpaired) electrons. The molecule has 1 aliphatic carbocycles. The van der Waals surface area contributed by atoms with E-state index >= 15 is 0 Å². The van der Waals surface area contributed by atoms with Gasteiger partial charge in [0.1, 0.15) is 11.6 Å². The molecule has 0 spiro atoms. The second-order valence-electron chi connectivity index (χ2n) is 8.04. The molecule has 3 atom stereocenters. The van der Waals surface area contributed by atoms with E-state index in [9.17, 15) is 22.0 Å². The predicted octanol–water partition coefficient (Wildman–Crippen LogP) is 2.86. The minimum Gasteiger partial charge on any atom is -0.367 e. The van der Waals surface area contributed by atoms with Crippen LogP contribution in [0.1, 0.15) is 24.3 Å². The van der Waals surface area contributed by atoms with Gasteiger partial charge in [-0.1, -0.05) is 30.3 Å². The van der Waals surface area contributed by atoms with Gasteiger partial charge in [0.2, 0.25) is 15.9 Å². The van der Waals surface area contributed by atoms with Gasteiger partial charge in [-0.25, -0.2) is 21.9 Å². The highest BCUT2D eigenvalue weighted by Gasteiger charge is 2.48. The van der Waals surface area contributed by atoms with Crippen LogP contribution in [0.3, 0.4) is 0 Å². The Labute approximate surface area is 180 Å². The monoisotopic (exact) mass is 450 g/mol. The van der Waals surface area contributed by atoms with Crippen molar-refractivity contribution in [2.45, 2.75) is 24.8 Å². The van der Waals surface area contributed by atoms with Crippen LogP contribution >= 0.6 is 0 Å². The lowest BCUT2D eigenvalue weighted by Gasteiger charge is -2.18. The van der Waals surface area contributed by atoms with Gasteiger partial charge in [0.05, 0.1) is 5.56 Å². The maximum Gasteiger partial charge on any atom is 0.236 e. The number of halogens is 2. The predicted molar refractivity (Wildman–Crippen MR) is 112 cm³/mol. The molecule has 2 aromatic carbocycles. The standard InChI is InChI=1S/C22H24F2N2O4S/c1-30-13-31(28,29)25-14-9-10-26(12-14)22(27)18-11-17(18)15-5-2-3-6-16(15)21-19(23)7-4-8-20(21)24/h2-8,14,17-18,25H,9-13H2,1H3/t14-,17+,18-/m0/s1. The Kier molecular flexibility index (Phi) is 6.09. The molecule has 166 valence electrons. The molecule has 9 heteroatoms. The summed E-state index contributed by atoms with van der Waals surface area (Å²) in [4.78, 5) is 14.6. The number of likely N-dealkylation sites (tertiary alicyclic amines) is 1. The smallest absolute Gasteiger partial charge is 0.236 e. The first-order valence-corrected chi connectivity index (χ1v) is 11.8. The zero-order valence-electron chi connectivity index (χ0n) is 17.1. The number of nitrogens with zero attached hydrogens (tertiary/aromatic N) is 1. The summed E-state index contributed by atoms with van der Waals surface area (Å²) in [6.45, 7) is 0.764. The van der Waals surface area contributed by atoms with Gasteiger partial charge in [0.25, 0.3) is 0 Å². The van der Waals surface area contributed by atoms with E-state index in [1.807, 2.05) is 6.07 Å². The second kappa shape index (κ2) is 8.64. The highest BCUT2D eigenvalue weighted by Crippen LogP contribution is 2.51. The largest absolute Gasteiger partial charge is 0.367 e. The van der Waals surface area contributed by atoms with Crippen molar-refractivity contribution >= 4 is 15.9 Å². The summed E-state index contributed by atoms with van der Waals surface area (Å²) < 4.78 is 59.7. The van der Waals surface area contributed by atoms with E-state index < -0.39 is 27.6 Å². The van der Waals surface area contributed by atoms with Crippen LogP contribution < -0.4 is 4.72 Å². The van der Waals surface area contributed by atoms with Gasteiger partial charge in [0, 0.05) is 32.2 Å². The summed E-state index contributed by atoms with van der Waals surface area (Å²) in [5.41, 5.74) is 1.14. The van der Waals surface area contributed by atoms with Crippen LogP contribution in [0, 0.1) is 17.6 Å². The number of ether oxygens (including phenoxy) is 1. The Morgan fingerprint density at radius 2 is 1.87 bits per heavy atom. The van der Waals surface area contributed by atoms with E-state index in [2.05, 4.69) is 9.46 Å². The van der Waals surface area contributed by atoms with Gasteiger partial charge < -0.3 is 9.64 Å². The Morgan fingerprint density at radius 1 is 1.16 bits per heavy atom. The molecular weight excluding hydrogens is 426 g/mol. The summed E-state index contributed by atoms with van der Waals surface area (Å²) in [6, 6.07) is 10.4. The lowest BCUT2D eigenvalue weighted by Crippen LogP contribution is -2.40. The average Bonchev–Trinajstić information content (AvgIpc) is 3.38. The lowest BCUT2D eigenvalue weighted by molar-refractivity contribution is -0.131. The minimum absolute atomic E-state index is 0.0535. The molecule has 1 aliphatic heterocycles. The molecule has 0 aromatic heterocycles. The first-order valence-electron chi connectivity index (χ1n) is 10.1. The normalized spacial score (nSPS) is 23.2. The van der Waals surface area contributed by atoms with Crippen molar-refractivity contribution in [3.05, 3.63) is 59.7 Å². The Hall–Kier alpha value is -2.36. The molecular formula is C22H24F2N2O4S. The van der Waals surface area contributed by atoms with Gasteiger partial charge in [-0.15, -0.1) is 0 Å². The van der Waals surface area contributed by atoms with Crippen molar-refractivity contribution < 1.29 is 26.7 Å². The van der Waals surface area contributed by atoms with E-state index in [1.165, 1.54) is 25.3 Å². The Balaban J connectivity index is 1.46. The third-order valence-corrected chi connectivity index (χ3v) is 7.06. The Morgan fingerprint density at radius 3 is 2.58 bits per heavy atom. The molecule has 1 saturated heterocycles. The fourth-order valence-corrected chi connectivity index (χ4v) is 5.43. The molecule has 0 bridgehead atoms.